The topological polar surface area (TPSA) is 42.4 Å². The molecule has 2 heterocycles. The maximum atomic E-state index is 13.3. The molecule has 154 valence electrons. The Bertz CT molecular complexity index is 1050. The summed E-state index contributed by atoms with van der Waals surface area (Å²) in [5.41, 5.74) is 6.35. The number of hydrogen-bond donors (Lipinski definition) is 0. The first-order valence-corrected chi connectivity index (χ1v) is 10.5. The summed E-state index contributed by atoms with van der Waals surface area (Å²) >= 11 is 0. The summed E-state index contributed by atoms with van der Waals surface area (Å²) in [5, 5.41) is 0. The van der Waals surface area contributed by atoms with Crippen molar-refractivity contribution in [2.75, 3.05) is 13.7 Å². The van der Waals surface area contributed by atoms with E-state index in [1.165, 1.54) is 5.56 Å². The molecular formula is C26H28N2O2. The molecule has 0 saturated carbocycles. The molecule has 1 aromatic heterocycles. The van der Waals surface area contributed by atoms with Crippen molar-refractivity contribution in [1.82, 2.24) is 9.88 Å². The van der Waals surface area contributed by atoms with Gasteiger partial charge in [0.25, 0.3) is 0 Å². The average Bonchev–Trinajstić information content (AvgIpc) is 3.24. The first-order chi connectivity index (χ1) is 14.5. The maximum absolute atomic E-state index is 13.3. The minimum absolute atomic E-state index is 0.0238. The van der Waals surface area contributed by atoms with Crippen molar-refractivity contribution >= 4 is 5.91 Å². The molecule has 1 amide bonds. The Morgan fingerprint density at radius 2 is 1.87 bits per heavy atom. The van der Waals surface area contributed by atoms with Crippen molar-refractivity contribution in [3.63, 3.8) is 0 Å². The Balaban J connectivity index is 1.60. The number of aryl methyl sites for hydroxylation is 2. The average molecular weight is 401 g/mol. The molecule has 0 bridgehead atoms. The Kier molecular flexibility index (Phi) is 5.84. The molecule has 1 atom stereocenters. The van der Waals surface area contributed by atoms with E-state index in [1.807, 2.05) is 55.1 Å². The molecular weight excluding hydrogens is 372 g/mol. The summed E-state index contributed by atoms with van der Waals surface area (Å²) in [4.78, 5) is 20.1. The number of pyridine rings is 1. The molecule has 0 radical (unpaired) electrons. The second-order valence-electron chi connectivity index (χ2n) is 8.03. The number of carbonyl (C=O) groups excluding carboxylic acids is 1. The summed E-state index contributed by atoms with van der Waals surface area (Å²) in [6.07, 6.45) is 2.29. The fourth-order valence-corrected chi connectivity index (χ4v) is 4.34. The van der Waals surface area contributed by atoms with Crippen molar-refractivity contribution in [2.45, 2.75) is 39.2 Å². The van der Waals surface area contributed by atoms with Crippen LogP contribution in [0.4, 0.5) is 0 Å². The van der Waals surface area contributed by atoms with Crippen molar-refractivity contribution < 1.29 is 9.53 Å². The molecule has 0 aliphatic carbocycles. The summed E-state index contributed by atoms with van der Waals surface area (Å²) < 4.78 is 5.47. The monoisotopic (exact) mass is 400 g/mol. The molecule has 4 rings (SSSR count). The van der Waals surface area contributed by atoms with E-state index in [4.69, 9.17) is 9.72 Å². The van der Waals surface area contributed by atoms with Crippen LogP contribution < -0.4 is 4.74 Å². The second-order valence-corrected chi connectivity index (χ2v) is 8.03. The van der Waals surface area contributed by atoms with Gasteiger partial charge in [-0.2, -0.15) is 0 Å². The SMILES string of the molecule is COc1ccc(C)cc1CC(=O)N1CCC[C@H]1c1cc(-c2ccccc2)cc(C)n1. The minimum Gasteiger partial charge on any atom is -0.496 e. The third-order valence-electron chi connectivity index (χ3n) is 5.77. The van der Waals surface area contributed by atoms with Gasteiger partial charge in [0, 0.05) is 17.8 Å². The lowest BCUT2D eigenvalue weighted by atomic mass is 10.0. The van der Waals surface area contributed by atoms with Crippen LogP contribution in [-0.2, 0) is 11.2 Å². The van der Waals surface area contributed by atoms with Gasteiger partial charge in [-0.15, -0.1) is 0 Å². The van der Waals surface area contributed by atoms with Crippen LogP contribution in [0.25, 0.3) is 11.1 Å². The lowest BCUT2D eigenvalue weighted by Crippen LogP contribution is -2.32. The van der Waals surface area contributed by atoms with Gasteiger partial charge in [-0.1, -0.05) is 48.0 Å². The van der Waals surface area contributed by atoms with Crippen LogP contribution in [0.15, 0.2) is 60.7 Å². The van der Waals surface area contributed by atoms with Crippen LogP contribution >= 0.6 is 0 Å². The lowest BCUT2D eigenvalue weighted by molar-refractivity contribution is -0.131. The highest BCUT2D eigenvalue weighted by atomic mass is 16.5. The highest BCUT2D eigenvalue weighted by Gasteiger charge is 2.31. The van der Waals surface area contributed by atoms with E-state index in [-0.39, 0.29) is 11.9 Å². The highest BCUT2D eigenvalue weighted by molar-refractivity contribution is 5.80. The molecule has 0 spiro atoms. The van der Waals surface area contributed by atoms with Crippen LogP contribution in [0.2, 0.25) is 0 Å². The maximum Gasteiger partial charge on any atom is 0.227 e. The molecule has 1 aliphatic heterocycles. The van der Waals surface area contributed by atoms with Gasteiger partial charge >= 0.3 is 0 Å². The van der Waals surface area contributed by atoms with Gasteiger partial charge < -0.3 is 9.64 Å². The smallest absolute Gasteiger partial charge is 0.227 e. The molecule has 3 aromatic rings. The van der Waals surface area contributed by atoms with Crippen molar-refractivity contribution in [3.05, 3.63) is 83.2 Å². The second kappa shape index (κ2) is 8.70. The number of benzene rings is 2. The van der Waals surface area contributed by atoms with E-state index in [0.717, 1.165) is 53.2 Å². The zero-order valence-electron chi connectivity index (χ0n) is 17.9. The predicted molar refractivity (Wildman–Crippen MR) is 120 cm³/mol. The van der Waals surface area contributed by atoms with Gasteiger partial charge in [0.2, 0.25) is 5.91 Å². The van der Waals surface area contributed by atoms with Crippen LogP contribution in [0.3, 0.4) is 0 Å². The van der Waals surface area contributed by atoms with Crippen molar-refractivity contribution in [1.29, 1.82) is 0 Å². The Morgan fingerprint density at radius 1 is 1.07 bits per heavy atom. The molecule has 4 heteroatoms. The molecule has 30 heavy (non-hydrogen) atoms. The van der Waals surface area contributed by atoms with Crippen LogP contribution in [0.1, 0.15) is 41.4 Å². The van der Waals surface area contributed by atoms with Crippen molar-refractivity contribution in [3.8, 4) is 16.9 Å². The number of hydrogen-bond acceptors (Lipinski definition) is 3. The normalized spacial score (nSPS) is 16.0. The van der Waals surface area contributed by atoms with Crippen LogP contribution in [0, 0.1) is 13.8 Å². The number of amides is 1. The zero-order valence-corrected chi connectivity index (χ0v) is 17.9. The van der Waals surface area contributed by atoms with E-state index in [9.17, 15) is 4.79 Å². The largest absolute Gasteiger partial charge is 0.496 e. The van der Waals surface area contributed by atoms with Gasteiger partial charge in [-0.25, -0.2) is 0 Å². The molecule has 2 aromatic carbocycles. The number of aromatic nitrogens is 1. The van der Waals surface area contributed by atoms with E-state index < -0.39 is 0 Å². The quantitative estimate of drug-likeness (QED) is 0.585. The fourth-order valence-electron chi connectivity index (χ4n) is 4.34. The Hall–Kier alpha value is -3.14. The number of carbonyl (C=O) groups is 1. The van der Waals surface area contributed by atoms with Crippen LogP contribution in [0.5, 0.6) is 5.75 Å². The first-order valence-electron chi connectivity index (χ1n) is 10.5. The van der Waals surface area contributed by atoms with Gasteiger partial charge in [0.15, 0.2) is 0 Å². The molecule has 4 nitrogen and oxygen atoms in total. The number of ether oxygens (including phenoxy) is 1. The van der Waals surface area contributed by atoms with Crippen molar-refractivity contribution in [2.24, 2.45) is 0 Å². The first kappa shape index (κ1) is 20.1. The predicted octanol–water partition coefficient (Wildman–Crippen LogP) is 5.28. The third-order valence-corrected chi connectivity index (χ3v) is 5.77. The number of likely N-dealkylation sites (tertiary alicyclic amines) is 1. The van der Waals surface area contributed by atoms with Gasteiger partial charge in [-0.3, -0.25) is 9.78 Å². The number of nitrogens with zero attached hydrogens (tertiary/aromatic N) is 2. The third kappa shape index (κ3) is 4.23. The van der Waals surface area contributed by atoms with E-state index in [2.05, 4.69) is 24.3 Å². The molecule has 0 unspecified atom stereocenters. The van der Waals surface area contributed by atoms with E-state index in [0.29, 0.717) is 6.42 Å². The van der Waals surface area contributed by atoms with Gasteiger partial charge in [-0.05, 0) is 56.0 Å². The highest BCUT2D eigenvalue weighted by Crippen LogP contribution is 2.34. The molecule has 1 aliphatic rings. The standard InChI is InChI=1S/C26H28N2O2/c1-18-11-12-25(30-3)22(14-18)17-26(29)28-13-7-10-24(28)23-16-21(15-19(2)27-23)20-8-5-4-6-9-20/h4-6,8-9,11-12,14-16,24H,7,10,13,17H2,1-3H3/t24-/m0/s1. The molecule has 1 fully saturated rings. The lowest BCUT2D eigenvalue weighted by Gasteiger charge is -2.25. The van der Waals surface area contributed by atoms with Crippen LogP contribution in [-0.4, -0.2) is 29.4 Å². The summed E-state index contributed by atoms with van der Waals surface area (Å²) in [6.45, 7) is 4.83. The minimum atomic E-state index is 0.0238. The summed E-state index contributed by atoms with van der Waals surface area (Å²) in [5.74, 6) is 0.899. The zero-order chi connectivity index (χ0) is 21.1. The number of rotatable bonds is 5. The van der Waals surface area contributed by atoms with E-state index >= 15 is 0 Å². The Morgan fingerprint density at radius 3 is 2.63 bits per heavy atom. The Labute approximate surface area is 178 Å². The summed E-state index contributed by atoms with van der Waals surface area (Å²) in [7, 11) is 1.65. The summed E-state index contributed by atoms with van der Waals surface area (Å²) in [6, 6.07) is 20.6. The van der Waals surface area contributed by atoms with Gasteiger partial charge in [0.05, 0.1) is 25.3 Å². The molecule has 0 N–H and O–H groups in total. The fraction of sp³-hybridized carbons (Fsp3) is 0.308. The van der Waals surface area contributed by atoms with E-state index in [1.54, 1.807) is 7.11 Å². The molecule has 1 saturated heterocycles. The number of methoxy groups -OCH3 is 1. The van der Waals surface area contributed by atoms with Gasteiger partial charge in [0.1, 0.15) is 5.75 Å².